The third-order valence-corrected chi connectivity index (χ3v) is 4.76. The van der Waals surface area contributed by atoms with Gasteiger partial charge < -0.3 is 16.0 Å². The fourth-order valence-electron chi connectivity index (χ4n) is 2.53. The molecule has 1 aliphatic carbocycles. The lowest BCUT2D eigenvalue weighted by atomic mass is 9.99. The van der Waals surface area contributed by atoms with Crippen molar-refractivity contribution in [2.45, 2.75) is 31.7 Å². The molecule has 3 N–H and O–H groups in total. The maximum absolute atomic E-state index is 11.3. The highest BCUT2D eigenvalue weighted by Crippen LogP contribution is 2.35. The van der Waals surface area contributed by atoms with Crippen LogP contribution in [0.15, 0.2) is 0 Å². The Balaban J connectivity index is 1.81. The molecule has 1 aromatic heterocycles. The minimum Gasteiger partial charge on any atom is -0.354 e. The van der Waals surface area contributed by atoms with Gasteiger partial charge in [0.05, 0.1) is 5.69 Å². The van der Waals surface area contributed by atoms with Crippen LogP contribution in [0.1, 0.15) is 35.9 Å². The molecule has 18 heavy (non-hydrogen) atoms. The topological polar surface area (TPSA) is 71.2 Å². The molecule has 1 saturated heterocycles. The molecule has 0 spiro atoms. The van der Waals surface area contributed by atoms with Crippen LogP contribution in [-0.4, -0.2) is 30.5 Å². The Morgan fingerprint density at radius 2 is 2.28 bits per heavy atom. The zero-order valence-corrected chi connectivity index (χ0v) is 11.1. The van der Waals surface area contributed by atoms with Gasteiger partial charge in [-0.1, -0.05) is 0 Å². The summed E-state index contributed by atoms with van der Waals surface area (Å²) in [5.74, 6) is 0.135. The first kappa shape index (κ1) is 11.9. The Labute approximate surface area is 110 Å². The van der Waals surface area contributed by atoms with Crippen molar-refractivity contribution in [1.82, 2.24) is 10.3 Å². The number of nitrogens with one attached hydrogen (secondary N) is 1. The van der Waals surface area contributed by atoms with Crippen molar-refractivity contribution in [2.24, 2.45) is 5.73 Å². The fraction of sp³-hybridized carbons (Fsp3) is 0.667. The van der Waals surface area contributed by atoms with Crippen molar-refractivity contribution in [2.75, 3.05) is 24.5 Å². The first-order chi connectivity index (χ1) is 8.74. The summed E-state index contributed by atoms with van der Waals surface area (Å²) in [4.78, 5) is 19.6. The number of aryl methyl sites for hydroxylation is 1. The number of thiazole rings is 1. The van der Waals surface area contributed by atoms with E-state index in [1.165, 1.54) is 4.88 Å². The lowest BCUT2D eigenvalue weighted by Gasteiger charge is -2.18. The summed E-state index contributed by atoms with van der Waals surface area (Å²) < 4.78 is 0. The molecule has 0 saturated carbocycles. The minimum absolute atomic E-state index is 0.102. The highest BCUT2D eigenvalue weighted by molar-refractivity contribution is 7.15. The van der Waals surface area contributed by atoms with Crippen LogP contribution in [-0.2, 0) is 11.2 Å². The predicted molar refractivity (Wildman–Crippen MR) is 71.8 cm³/mol. The van der Waals surface area contributed by atoms with E-state index in [1.54, 1.807) is 11.3 Å². The van der Waals surface area contributed by atoms with Gasteiger partial charge in [0.25, 0.3) is 0 Å². The molecule has 1 unspecified atom stereocenters. The summed E-state index contributed by atoms with van der Waals surface area (Å²) in [6.45, 7) is 2.30. The monoisotopic (exact) mass is 266 g/mol. The number of hydrogen-bond donors (Lipinski definition) is 2. The van der Waals surface area contributed by atoms with Crippen molar-refractivity contribution < 1.29 is 4.79 Å². The summed E-state index contributed by atoms with van der Waals surface area (Å²) >= 11 is 1.75. The van der Waals surface area contributed by atoms with Crippen LogP contribution < -0.4 is 16.0 Å². The van der Waals surface area contributed by atoms with Crippen LogP contribution in [0.25, 0.3) is 0 Å². The van der Waals surface area contributed by atoms with Gasteiger partial charge in [0.2, 0.25) is 5.91 Å². The lowest BCUT2D eigenvalue weighted by Crippen LogP contribution is -2.28. The van der Waals surface area contributed by atoms with E-state index >= 15 is 0 Å². The summed E-state index contributed by atoms with van der Waals surface area (Å²) in [5, 5.41) is 3.92. The first-order valence-corrected chi connectivity index (χ1v) is 7.32. The number of nitrogens with two attached hydrogens (primary N) is 1. The van der Waals surface area contributed by atoms with Crippen molar-refractivity contribution in [3.05, 3.63) is 10.6 Å². The van der Waals surface area contributed by atoms with Gasteiger partial charge in [0, 0.05) is 37.0 Å². The molecule has 0 radical (unpaired) electrons. The number of amides is 1. The first-order valence-electron chi connectivity index (χ1n) is 6.51. The van der Waals surface area contributed by atoms with Crippen LogP contribution in [0.2, 0.25) is 0 Å². The fourth-order valence-corrected chi connectivity index (χ4v) is 3.76. The molecular formula is C12H18N4OS. The molecule has 98 valence electrons. The Hall–Kier alpha value is -1.14. The van der Waals surface area contributed by atoms with Gasteiger partial charge in [-0.25, -0.2) is 4.98 Å². The molecular weight excluding hydrogens is 248 g/mol. The normalized spacial score (nSPS) is 24.4. The lowest BCUT2D eigenvalue weighted by molar-refractivity contribution is -0.120. The molecule has 3 rings (SSSR count). The van der Waals surface area contributed by atoms with Gasteiger partial charge in [0.1, 0.15) is 0 Å². The number of carbonyl (C=O) groups excluding carboxylic acids is 1. The van der Waals surface area contributed by atoms with E-state index in [0.717, 1.165) is 43.2 Å². The Kier molecular flexibility index (Phi) is 3.22. The zero-order valence-electron chi connectivity index (χ0n) is 10.3. The van der Waals surface area contributed by atoms with Gasteiger partial charge in [0.15, 0.2) is 5.13 Å². The third kappa shape index (κ3) is 2.22. The molecule has 2 aliphatic rings. The van der Waals surface area contributed by atoms with Crippen molar-refractivity contribution in [3.8, 4) is 0 Å². The number of carbonyl (C=O) groups is 1. The number of aromatic nitrogens is 1. The average molecular weight is 266 g/mol. The minimum atomic E-state index is 0.102. The number of nitrogens with zero attached hydrogens (tertiary/aromatic N) is 2. The van der Waals surface area contributed by atoms with Gasteiger partial charge >= 0.3 is 0 Å². The zero-order chi connectivity index (χ0) is 12.5. The van der Waals surface area contributed by atoms with Crippen LogP contribution in [0.4, 0.5) is 5.13 Å². The van der Waals surface area contributed by atoms with E-state index in [1.807, 2.05) is 0 Å². The molecule has 1 aromatic rings. The highest BCUT2D eigenvalue weighted by Gasteiger charge is 2.24. The van der Waals surface area contributed by atoms with Gasteiger partial charge in [-0.3, -0.25) is 4.79 Å². The molecule has 5 nitrogen and oxygen atoms in total. The van der Waals surface area contributed by atoms with Crippen LogP contribution >= 0.6 is 11.3 Å². The standard InChI is InChI=1S/C12H18N4OS/c13-8-2-1-3-9-11(8)15-12(18-9)16-6-4-10(17)14-5-7-16/h8H,1-7,13H2,(H,14,17). The summed E-state index contributed by atoms with van der Waals surface area (Å²) in [5.41, 5.74) is 7.19. The predicted octanol–water partition coefficient (Wildman–Crippen LogP) is 0.806. The van der Waals surface area contributed by atoms with Crippen LogP contribution in [0.3, 0.4) is 0 Å². The largest absolute Gasteiger partial charge is 0.354 e. The summed E-state index contributed by atoms with van der Waals surface area (Å²) in [6, 6.07) is 0.102. The molecule has 2 heterocycles. The second-order valence-electron chi connectivity index (χ2n) is 4.89. The van der Waals surface area contributed by atoms with Crippen molar-refractivity contribution >= 4 is 22.4 Å². The van der Waals surface area contributed by atoms with Gasteiger partial charge in [-0.2, -0.15) is 0 Å². The maximum Gasteiger partial charge on any atom is 0.221 e. The SMILES string of the molecule is NC1CCCc2sc(N3CCNC(=O)CC3)nc21. The Morgan fingerprint density at radius 3 is 3.11 bits per heavy atom. The summed E-state index contributed by atoms with van der Waals surface area (Å²) in [6.07, 6.45) is 3.86. The molecule has 1 amide bonds. The molecule has 0 aromatic carbocycles. The van der Waals surface area contributed by atoms with E-state index < -0.39 is 0 Å². The number of fused-ring (bicyclic) bond motifs is 1. The van der Waals surface area contributed by atoms with Crippen molar-refractivity contribution in [1.29, 1.82) is 0 Å². The second kappa shape index (κ2) is 4.85. The molecule has 6 heteroatoms. The van der Waals surface area contributed by atoms with E-state index in [9.17, 15) is 4.79 Å². The summed E-state index contributed by atoms with van der Waals surface area (Å²) in [7, 11) is 0. The Bertz CT molecular complexity index is 459. The number of rotatable bonds is 1. The number of anilines is 1. The quantitative estimate of drug-likeness (QED) is 0.789. The van der Waals surface area contributed by atoms with E-state index in [0.29, 0.717) is 13.0 Å². The van der Waals surface area contributed by atoms with E-state index in [2.05, 4.69) is 10.2 Å². The van der Waals surface area contributed by atoms with E-state index in [-0.39, 0.29) is 11.9 Å². The number of hydrogen-bond acceptors (Lipinski definition) is 5. The average Bonchev–Trinajstić information content (AvgIpc) is 2.67. The molecule has 1 aliphatic heterocycles. The molecule has 1 fully saturated rings. The molecule has 1 atom stereocenters. The highest BCUT2D eigenvalue weighted by atomic mass is 32.1. The Morgan fingerprint density at radius 1 is 1.39 bits per heavy atom. The second-order valence-corrected chi connectivity index (χ2v) is 5.95. The maximum atomic E-state index is 11.3. The van der Waals surface area contributed by atoms with E-state index in [4.69, 9.17) is 10.7 Å². The van der Waals surface area contributed by atoms with Gasteiger partial charge in [-0.05, 0) is 19.3 Å². The third-order valence-electron chi connectivity index (χ3n) is 3.57. The van der Waals surface area contributed by atoms with Crippen LogP contribution in [0, 0.1) is 0 Å². The van der Waals surface area contributed by atoms with Crippen LogP contribution in [0.5, 0.6) is 0 Å². The van der Waals surface area contributed by atoms with Gasteiger partial charge in [-0.15, -0.1) is 11.3 Å². The molecule has 0 bridgehead atoms. The smallest absolute Gasteiger partial charge is 0.221 e. The van der Waals surface area contributed by atoms with Crippen molar-refractivity contribution in [3.63, 3.8) is 0 Å².